The molecule has 5 aromatic rings. The van der Waals surface area contributed by atoms with Gasteiger partial charge in [0.2, 0.25) is 5.91 Å². The Hall–Kier alpha value is -4.82. The molecule has 5 aromatic carbocycles. The van der Waals surface area contributed by atoms with Crippen LogP contribution in [0.2, 0.25) is 10.0 Å². The van der Waals surface area contributed by atoms with Crippen LogP contribution in [0.5, 0.6) is 0 Å². The third-order valence-electron chi connectivity index (χ3n) is 7.01. The number of carbonyl (C=O) groups excluding carboxylic acids is 3. The Bertz CT molecular complexity index is 1910. The molecule has 1 unspecified atom stereocenters. The zero-order valence-corrected chi connectivity index (χ0v) is 27.9. The summed E-state index contributed by atoms with van der Waals surface area (Å²) in [6.45, 7) is 3.99. The second kappa shape index (κ2) is 15.6. The molecule has 0 aliphatic rings. The van der Waals surface area contributed by atoms with E-state index >= 15 is 0 Å². The van der Waals surface area contributed by atoms with Gasteiger partial charge in [0.05, 0.1) is 10.0 Å². The van der Waals surface area contributed by atoms with Gasteiger partial charge >= 0.3 is 0 Å². The molecule has 0 saturated heterocycles. The Morgan fingerprint density at radius 3 is 2.00 bits per heavy atom. The molecule has 3 amide bonds. The number of hydrogen-bond donors (Lipinski definition) is 3. The van der Waals surface area contributed by atoms with Crippen molar-refractivity contribution in [2.24, 2.45) is 0 Å². The fraction of sp³-hybridized carbons (Fsp3) is 0.0789. The van der Waals surface area contributed by atoms with Crippen molar-refractivity contribution in [1.29, 1.82) is 0 Å². The van der Waals surface area contributed by atoms with E-state index in [1.54, 1.807) is 60.7 Å². The Morgan fingerprint density at radius 2 is 1.34 bits per heavy atom. The molecule has 3 N–H and O–H groups in total. The number of anilines is 2. The quantitative estimate of drug-likeness (QED) is 0.101. The van der Waals surface area contributed by atoms with Crippen molar-refractivity contribution in [2.45, 2.75) is 24.0 Å². The van der Waals surface area contributed by atoms with Gasteiger partial charge in [0.1, 0.15) is 10.9 Å². The number of aryl methyl sites for hydroxylation is 2. The van der Waals surface area contributed by atoms with E-state index in [1.807, 2.05) is 68.4 Å². The summed E-state index contributed by atoms with van der Waals surface area (Å²) in [5.41, 5.74) is 5.07. The van der Waals surface area contributed by atoms with Crippen LogP contribution in [-0.2, 0) is 9.59 Å². The maximum absolute atomic E-state index is 13.6. The monoisotopic (exact) mass is 679 g/mol. The minimum atomic E-state index is -0.555. The van der Waals surface area contributed by atoms with Crippen molar-refractivity contribution >= 4 is 70.1 Å². The van der Waals surface area contributed by atoms with Gasteiger partial charge in [-0.15, -0.1) is 11.8 Å². The smallest absolute Gasteiger partial charge is 0.272 e. The first kappa shape index (κ1) is 33.5. The predicted octanol–water partition coefficient (Wildman–Crippen LogP) is 9.49. The van der Waals surface area contributed by atoms with E-state index < -0.39 is 17.1 Å². The molecule has 6 nitrogen and oxygen atoms in total. The maximum atomic E-state index is 13.6. The Kier molecular flexibility index (Phi) is 11.2. The molecule has 0 aliphatic carbocycles. The molecule has 0 heterocycles. The van der Waals surface area contributed by atoms with Crippen LogP contribution in [0.15, 0.2) is 132 Å². The molecule has 0 saturated carbocycles. The number of carbonyl (C=O) groups is 3. The van der Waals surface area contributed by atoms with Crippen LogP contribution in [0.1, 0.15) is 37.9 Å². The second-order valence-electron chi connectivity index (χ2n) is 10.8. The SMILES string of the molecule is Cc1cc(C)cc(NC(=O)C(Sc2ccc(NC(=O)/C(=C/c3cccc(Cl)c3Cl)NC(=O)c3ccccc3)cc2)c2ccccc2)c1. The first-order valence-electron chi connectivity index (χ1n) is 14.7. The highest BCUT2D eigenvalue weighted by molar-refractivity contribution is 8.00. The van der Waals surface area contributed by atoms with E-state index in [4.69, 9.17) is 23.2 Å². The van der Waals surface area contributed by atoms with Crippen molar-refractivity contribution in [3.63, 3.8) is 0 Å². The third kappa shape index (κ3) is 9.14. The first-order chi connectivity index (χ1) is 22.7. The van der Waals surface area contributed by atoms with Crippen LogP contribution in [-0.4, -0.2) is 17.7 Å². The van der Waals surface area contributed by atoms with Crippen LogP contribution in [0.4, 0.5) is 11.4 Å². The molecule has 0 aliphatic heterocycles. The Labute approximate surface area is 288 Å². The van der Waals surface area contributed by atoms with Crippen LogP contribution in [0.25, 0.3) is 6.08 Å². The zero-order valence-electron chi connectivity index (χ0n) is 25.6. The molecule has 0 bridgehead atoms. The fourth-order valence-corrected chi connectivity index (χ4v) is 6.22. The number of rotatable bonds is 10. The lowest BCUT2D eigenvalue weighted by Crippen LogP contribution is -2.30. The lowest BCUT2D eigenvalue weighted by atomic mass is 10.1. The molecule has 9 heteroatoms. The highest BCUT2D eigenvalue weighted by atomic mass is 35.5. The molecular formula is C38H31Cl2N3O3S. The Balaban J connectivity index is 1.35. The molecule has 236 valence electrons. The van der Waals surface area contributed by atoms with E-state index in [9.17, 15) is 14.4 Å². The number of thioether (sulfide) groups is 1. The molecule has 47 heavy (non-hydrogen) atoms. The molecule has 0 fully saturated rings. The first-order valence-corrected chi connectivity index (χ1v) is 16.3. The van der Waals surface area contributed by atoms with Crippen molar-refractivity contribution in [3.05, 3.63) is 165 Å². The average Bonchev–Trinajstić information content (AvgIpc) is 3.06. The van der Waals surface area contributed by atoms with Gasteiger partial charge in [-0.3, -0.25) is 14.4 Å². The van der Waals surface area contributed by atoms with Crippen LogP contribution in [0.3, 0.4) is 0 Å². The standard InChI is InChI=1S/C38H31Cl2N3O3S/c1-24-20-25(2)22-30(21-24)42-38(46)35(26-10-5-3-6-11-26)47-31-18-16-29(17-19-31)41-37(45)33(23-28-14-9-15-32(39)34(28)40)43-36(44)27-12-7-4-8-13-27/h3-23,35H,1-2H3,(H,41,45)(H,42,46)(H,43,44)/b33-23-. The number of halogens is 2. The maximum Gasteiger partial charge on any atom is 0.272 e. The molecule has 0 aromatic heterocycles. The lowest BCUT2D eigenvalue weighted by molar-refractivity contribution is -0.116. The molecule has 5 rings (SSSR count). The molecule has 0 spiro atoms. The summed E-state index contributed by atoms with van der Waals surface area (Å²) in [4.78, 5) is 40.9. The number of hydrogen-bond acceptors (Lipinski definition) is 4. The summed E-state index contributed by atoms with van der Waals surface area (Å²) in [5, 5.41) is 8.67. The molecule has 0 radical (unpaired) electrons. The summed E-state index contributed by atoms with van der Waals surface area (Å²) in [6, 6.07) is 36.3. The third-order valence-corrected chi connectivity index (χ3v) is 9.11. The average molecular weight is 681 g/mol. The van der Waals surface area contributed by atoms with Crippen LogP contribution >= 0.6 is 35.0 Å². The van der Waals surface area contributed by atoms with Gasteiger partial charge in [-0.1, -0.05) is 89.9 Å². The topological polar surface area (TPSA) is 87.3 Å². The predicted molar refractivity (Wildman–Crippen MR) is 193 cm³/mol. The van der Waals surface area contributed by atoms with E-state index in [-0.39, 0.29) is 16.6 Å². The van der Waals surface area contributed by atoms with Gasteiger partial charge in [-0.2, -0.15) is 0 Å². The highest BCUT2D eigenvalue weighted by Crippen LogP contribution is 2.37. The largest absolute Gasteiger partial charge is 0.325 e. The lowest BCUT2D eigenvalue weighted by Gasteiger charge is -2.18. The van der Waals surface area contributed by atoms with Crippen molar-refractivity contribution in [1.82, 2.24) is 5.32 Å². The number of amides is 3. The number of nitrogens with one attached hydrogen (secondary N) is 3. The second-order valence-corrected chi connectivity index (χ2v) is 12.7. The van der Waals surface area contributed by atoms with E-state index in [0.29, 0.717) is 21.8 Å². The normalized spacial score (nSPS) is 11.8. The minimum Gasteiger partial charge on any atom is -0.325 e. The van der Waals surface area contributed by atoms with Crippen molar-refractivity contribution in [3.8, 4) is 0 Å². The van der Waals surface area contributed by atoms with Crippen LogP contribution in [0, 0.1) is 13.8 Å². The van der Waals surface area contributed by atoms with E-state index in [1.165, 1.54) is 17.8 Å². The summed E-state index contributed by atoms with van der Waals surface area (Å²) in [6.07, 6.45) is 1.48. The summed E-state index contributed by atoms with van der Waals surface area (Å²) < 4.78 is 0. The van der Waals surface area contributed by atoms with Gasteiger partial charge in [0, 0.05) is 21.8 Å². The summed E-state index contributed by atoms with van der Waals surface area (Å²) in [7, 11) is 0. The summed E-state index contributed by atoms with van der Waals surface area (Å²) >= 11 is 14.0. The molecular weight excluding hydrogens is 649 g/mol. The van der Waals surface area contributed by atoms with E-state index in [2.05, 4.69) is 22.0 Å². The fourth-order valence-electron chi connectivity index (χ4n) is 4.84. The summed E-state index contributed by atoms with van der Waals surface area (Å²) in [5.74, 6) is -1.16. The van der Waals surface area contributed by atoms with Gasteiger partial charge in [0.25, 0.3) is 11.8 Å². The Morgan fingerprint density at radius 1 is 0.702 bits per heavy atom. The minimum absolute atomic E-state index is 0.0198. The van der Waals surface area contributed by atoms with Gasteiger partial charge in [0.15, 0.2) is 0 Å². The zero-order chi connectivity index (χ0) is 33.3. The van der Waals surface area contributed by atoms with Gasteiger partial charge in [-0.05, 0) is 96.8 Å². The van der Waals surface area contributed by atoms with Crippen molar-refractivity contribution in [2.75, 3.05) is 10.6 Å². The molecule has 1 atom stereocenters. The van der Waals surface area contributed by atoms with Gasteiger partial charge in [-0.25, -0.2) is 0 Å². The van der Waals surface area contributed by atoms with E-state index in [0.717, 1.165) is 27.3 Å². The van der Waals surface area contributed by atoms with Crippen molar-refractivity contribution < 1.29 is 14.4 Å². The number of benzene rings is 5. The van der Waals surface area contributed by atoms with Gasteiger partial charge < -0.3 is 16.0 Å². The highest BCUT2D eigenvalue weighted by Gasteiger charge is 2.23. The van der Waals surface area contributed by atoms with Crippen LogP contribution < -0.4 is 16.0 Å².